The minimum atomic E-state index is -1.63. The van der Waals surface area contributed by atoms with Crippen LogP contribution in [0.25, 0.3) is 0 Å². The maximum Gasteiger partial charge on any atom is 0.333 e. The van der Waals surface area contributed by atoms with E-state index in [1.165, 1.54) is 20.3 Å². The highest BCUT2D eigenvalue weighted by molar-refractivity contribution is 5.88. The van der Waals surface area contributed by atoms with Crippen molar-refractivity contribution in [2.75, 3.05) is 20.3 Å². The summed E-state index contributed by atoms with van der Waals surface area (Å²) in [5, 5.41) is 36.4. The molecule has 47 heavy (non-hydrogen) atoms. The molecule has 14 heteroatoms. The number of allylic oxidation sites excluding steroid dienone is 1. The van der Waals surface area contributed by atoms with E-state index in [1.807, 2.05) is 6.92 Å². The van der Waals surface area contributed by atoms with Crippen molar-refractivity contribution in [3.05, 3.63) is 24.0 Å². The fourth-order valence-electron chi connectivity index (χ4n) is 11.7. The Labute approximate surface area is 271 Å². The SMILES string of the molecule is C/C=C(\C)C(=O)O[C@H]1C[C@@H](OC(C)=O)C2(C(=O)OC)CO[C@H]3[C@@H](O)[C@@](C)([C@]45O[C@@]4(C)[C@H]4C[C@@H]5O[C@@H]5OC=C[C@@]54O)[C@@H]4[C@H](O)OC[C@@]14[C@@H]32. The lowest BCUT2D eigenvalue weighted by atomic mass is 9.38. The minimum absolute atomic E-state index is 0.128. The van der Waals surface area contributed by atoms with Crippen LogP contribution in [0.5, 0.6) is 0 Å². The quantitative estimate of drug-likeness (QED) is 0.157. The first-order valence-corrected chi connectivity index (χ1v) is 16.2. The van der Waals surface area contributed by atoms with Crippen LogP contribution in [-0.2, 0) is 52.3 Å². The molecule has 3 N–H and O–H groups in total. The normalized spacial score (nSPS) is 56.1. The Morgan fingerprint density at radius 2 is 1.74 bits per heavy atom. The summed E-state index contributed by atoms with van der Waals surface area (Å²) >= 11 is 0. The van der Waals surface area contributed by atoms with Gasteiger partial charge in [-0.05, 0) is 33.3 Å². The molecule has 5 heterocycles. The van der Waals surface area contributed by atoms with Gasteiger partial charge in [-0.15, -0.1) is 0 Å². The Morgan fingerprint density at radius 3 is 2.43 bits per heavy atom. The van der Waals surface area contributed by atoms with Crippen molar-refractivity contribution in [3.8, 4) is 0 Å². The van der Waals surface area contributed by atoms with E-state index in [0.717, 1.165) is 0 Å². The number of ether oxygens (including phenoxy) is 8. The largest absolute Gasteiger partial charge is 0.469 e. The van der Waals surface area contributed by atoms with Gasteiger partial charge in [0.1, 0.15) is 28.8 Å². The van der Waals surface area contributed by atoms with Crippen molar-refractivity contribution in [1.82, 2.24) is 0 Å². The first-order chi connectivity index (χ1) is 22.1. The molecule has 4 saturated heterocycles. The van der Waals surface area contributed by atoms with Crippen molar-refractivity contribution in [2.24, 2.45) is 34.0 Å². The van der Waals surface area contributed by atoms with Crippen molar-refractivity contribution in [2.45, 2.75) is 107 Å². The second-order valence-electron chi connectivity index (χ2n) is 15.0. The predicted molar refractivity (Wildman–Crippen MR) is 153 cm³/mol. The van der Waals surface area contributed by atoms with Crippen LogP contribution in [0, 0.1) is 34.0 Å². The van der Waals surface area contributed by atoms with E-state index in [4.69, 9.17) is 37.9 Å². The van der Waals surface area contributed by atoms with Crippen molar-refractivity contribution >= 4 is 17.9 Å². The van der Waals surface area contributed by atoms with Gasteiger partial charge in [-0.25, -0.2) is 4.79 Å². The summed E-state index contributed by atoms with van der Waals surface area (Å²) in [6, 6.07) is 0. The molecular weight excluding hydrogens is 620 g/mol. The molecule has 258 valence electrons. The number of hydrogen-bond donors (Lipinski definition) is 3. The minimum Gasteiger partial charge on any atom is -0.469 e. The molecule has 8 aliphatic rings. The lowest BCUT2D eigenvalue weighted by molar-refractivity contribution is -0.302. The van der Waals surface area contributed by atoms with Gasteiger partial charge in [-0.1, -0.05) is 13.0 Å². The molecule has 1 unspecified atom stereocenters. The monoisotopic (exact) mass is 662 g/mol. The fraction of sp³-hybridized carbons (Fsp3) is 0.788. The first-order valence-electron chi connectivity index (χ1n) is 16.2. The molecule has 3 saturated carbocycles. The summed E-state index contributed by atoms with van der Waals surface area (Å²) in [4.78, 5) is 40.0. The molecule has 14 nitrogen and oxygen atoms in total. The van der Waals surface area contributed by atoms with Crippen LogP contribution in [0.4, 0.5) is 0 Å². The molecule has 2 bridgehead atoms. The molecule has 8 rings (SSSR count). The van der Waals surface area contributed by atoms with Crippen LogP contribution in [-0.4, -0.2) is 113 Å². The van der Waals surface area contributed by atoms with Crippen molar-refractivity contribution in [1.29, 1.82) is 0 Å². The summed E-state index contributed by atoms with van der Waals surface area (Å²) in [5.41, 5.74) is -7.94. The fourth-order valence-corrected chi connectivity index (χ4v) is 11.7. The average Bonchev–Trinajstić information content (AvgIpc) is 3.43. The van der Waals surface area contributed by atoms with Crippen LogP contribution in [0.3, 0.4) is 0 Å². The highest BCUT2D eigenvalue weighted by atomic mass is 16.7. The number of esters is 3. The van der Waals surface area contributed by atoms with Gasteiger partial charge in [-0.3, -0.25) is 9.59 Å². The number of hydrogen-bond acceptors (Lipinski definition) is 14. The summed E-state index contributed by atoms with van der Waals surface area (Å²) in [5.74, 6) is -4.53. The maximum atomic E-state index is 14.0. The Balaban J connectivity index is 1.34. The second-order valence-corrected chi connectivity index (χ2v) is 15.0. The van der Waals surface area contributed by atoms with Gasteiger partial charge >= 0.3 is 17.9 Å². The summed E-state index contributed by atoms with van der Waals surface area (Å²) in [7, 11) is 1.22. The van der Waals surface area contributed by atoms with E-state index in [1.54, 1.807) is 32.9 Å². The van der Waals surface area contributed by atoms with Gasteiger partial charge in [0, 0.05) is 47.5 Å². The van der Waals surface area contributed by atoms with Gasteiger partial charge < -0.3 is 53.2 Å². The Hall–Kier alpha value is -2.59. The molecule has 5 aliphatic heterocycles. The molecule has 0 aromatic carbocycles. The first kappa shape index (κ1) is 31.7. The van der Waals surface area contributed by atoms with Gasteiger partial charge in [0.15, 0.2) is 11.9 Å². The standard InChI is InChI=1S/C33H42O14/c1-7-14(2)24(36)45-17-11-18(44-15(3)34)31(26(38)40-6)13-42-20-21(31)30(17)12-43-25(37)22(30)28(4,23(20)35)33-19-10-16(29(33,5)47-33)32(39)8-9-41-27(32)46-19/h7-9,16-23,25,27,35,37,39H,10-13H2,1-6H3/b14-7+/t16-,17+,18-,19+,20-,21-,22+,23-,25-,27+,28+,29+,30+,31?,32+,33+/m1/s1. The van der Waals surface area contributed by atoms with Gasteiger partial charge in [0.05, 0.1) is 44.9 Å². The molecule has 3 aliphatic carbocycles. The number of aliphatic hydroxyl groups excluding tert-OH is 2. The maximum absolute atomic E-state index is 14.0. The Morgan fingerprint density at radius 1 is 1.00 bits per heavy atom. The number of fused-ring (bicyclic) bond motifs is 7. The van der Waals surface area contributed by atoms with Gasteiger partial charge in [0.2, 0.25) is 6.29 Å². The van der Waals surface area contributed by atoms with E-state index in [2.05, 4.69) is 0 Å². The molecule has 0 aromatic rings. The third-order valence-electron chi connectivity index (χ3n) is 13.6. The summed E-state index contributed by atoms with van der Waals surface area (Å²) < 4.78 is 48.7. The van der Waals surface area contributed by atoms with E-state index in [0.29, 0.717) is 12.0 Å². The molecule has 1 spiro atoms. The predicted octanol–water partition coefficient (Wildman–Crippen LogP) is 0.254. The lowest BCUT2D eigenvalue weighted by Crippen LogP contribution is -2.77. The molecule has 0 aromatic heterocycles. The summed E-state index contributed by atoms with van der Waals surface area (Å²) in [6.07, 6.45) is -3.09. The topological polar surface area (TPSA) is 189 Å². The lowest BCUT2D eigenvalue weighted by Gasteiger charge is -2.65. The number of rotatable bonds is 5. The zero-order chi connectivity index (χ0) is 33.7. The average molecular weight is 663 g/mol. The number of methoxy groups -OCH3 is 1. The molecule has 7 fully saturated rings. The number of carbonyl (C=O) groups excluding carboxylic acids is 3. The van der Waals surface area contributed by atoms with E-state index in [-0.39, 0.29) is 19.6 Å². The van der Waals surface area contributed by atoms with E-state index < -0.39 is 112 Å². The third-order valence-corrected chi connectivity index (χ3v) is 13.6. The molecule has 0 radical (unpaired) electrons. The zero-order valence-electron chi connectivity index (χ0n) is 27.2. The van der Waals surface area contributed by atoms with E-state index >= 15 is 0 Å². The van der Waals surface area contributed by atoms with E-state index in [9.17, 15) is 29.7 Å². The van der Waals surface area contributed by atoms with Gasteiger partial charge in [0.25, 0.3) is 0 Å². The van der Waals surface area contributed by atoms with Crippen LogP contribution in [0.1, 0.15) is 47.5 Å². The van der Waals surface area contributed by atoms with Crippen LogP contribution >= 0.6 is 0 Å². The van der Waals surface area contributed by atoms with Crippen LogP contribution in [0.15, 0.2) is 24.0 Å². The number of epoxide rings is 1. The zero-order valence-corrected chi connectivity index (χ0v) is 27.2. The van der Waals surface area contributed by atoms with Crippen LogP contribution in [0.2, 0.25) is 0 Å². The van der Waals surface area contributed by atoms with Crippen molar-refractivity contribution in [3.63, 3.8) is 0 Å². The highest BCUT2D eigenvalue weighted by Gasteiger charge is 2.95. The Bertz CT molecular complexity index is 1490. The second kappa shape index (κ2) is 9.55. The Kier molecular flexibility index (Phi) is 6.44. The molecule has 0 amide bonds. The highest BCUT2D eigenvalue weighted by Crippen LogP contribution is 2.82. The van der Waals surface area contributed by atoms with Gasteiger partial charge in [-0.2, -0.15) is 0 Å². The van der Waals surface area contributed by atoms with Crippen molar-refractivity contribution < 1.29 is 67.6 Å². The summed E-state index contributed by atoms with van der Waals surface area (Å²) in [6.45, 7) is 7.74. The number of carbonyl (C=O) groups is 3. The number of aliphatic hydroxyl groups is 3. The molecular formula is C33H42O14. The molecule has 16 atom stereocenters. The third kappa shape index (κ3) is 3.29. The smallest absolute Gasteiger partial charge is 0.333 e. The van der Waals surface area contributed by atoms with Crippen LogP contribution < -0.4 is 0 Å².